The molecule has 0 fully saturated rings. The van der Waals surface area contributed by atoms with Crippen LogP contribution in [0.2, 0.25) is 0 Å². The second-order valence-corrected chi connectivity index (χ2v) is 15.5. The van der Waals surface area contributed by atoms with Gasteiger partial charge >= 0.3 is 49.5 Å². The van der Waals surface area contributed by atoms with Crippen molar-refractivity contribution in [3.05, 3.63) is 77.9 Å². The second-order valence-electron chi connectivity index (χ2n) is 14.8. The van der Waals surface area contributed by atoms with Crippen LogP contribution in [-0.4, -0.2) is 32.1 Å². The number of terminal acetylenes is 1. The third kappa shape index (κ3) is 60.2. The van der Waals surface area contributed by atoms with E-state index in [2.05, 4.69) is 95.0 Å². The van der Waals surface area contributed by atoms with Gasteiger partial charge in [-0.3, -0.25) is 0 Å². The van der Waals surface area contributed by atoms with Crippen LogP contribution in [0.25, 0.3) is 5.57 Å². The molecule has 43 heavy (non-hydrogen) atoms. The molecular formula is C39H65O3W. The average molecular weight is 766 g/mol. The molecule has 0 aliphatic carbocycles. The van der Waals surface area contributed by atoms with Crippen LogP contribution in [0.15, 0.2) is 66.7 Å². The van der Waals surface area contributed by atoms with Crippen molar-refractivity contribution < 1.29 is 34.5 Å². The Morgan fingerprint density at radius 3 is 1.12 bits per heavy atom. The second kappa shape index (κ2) is 24.4. The van der Waals surface area contributed by atoms with Gasteiger partial charge in [0.05, 0.1) is 16.8 Å². The number of rotatable bonds is 3. The molecule has 0 aromatic heterocycles. The van der Waals surface area contributed by atoms with E-state index in [1.54, 1.807) is 62.3 Å². The number of hydrogen-bond donors (Lipinski definition) is 3. The van der Waals surface area contributed by atoms with Crippen molar-refractivity contribution >= 4 is 5.57 Å². The molecule has 0 heterocycles. The van der Waals surface area contributed by atoms with Gasteiger partial charge in [-0.2, -0.15) is 0 Å². The molecule has 2 aromatic carbocycles. The molecule has 2 rings (SSSR count). The Morgan fingerprint density at radius 2 is 0.930 bits per heavy atom. The Labute approximate surface area is 278 Å². The first-order valence-electron chi connectivity index (χ1n) is 15.0. The summed E-state index contributed by atoms with van der Waals surface area (Å²) in [7, 11) is 0. The third-order valence-electron chi connectivity index (χ3n) is 3.49. The van der Waals surface area contributed by atoms with Crippen LogP contribution < -0.4 is 0 Å². The summed E-state index contributed by atoms with van der Waals surface area (Å²) in [6.45, 7) is 31.1. The molecule has 0 unspecified atom stereocenters. The van der Waals surface area contributed by atoms with Crippen molar-refractivity contribution in [1.29, 1.82) is 0 Å². The van der Waals surface area contributed by atoms with Gasteiger partial charge in [-0.1, -0.05) is 88.2 Å². The van der Waals surface area contributed by atoms with Gasteiger partial charge in [0.15, 0.2) is 0 Å². The molecule has 0 radical (unpaired) electrons. The van der Waals surface area contributed by atoms with Crippen molar-refractivity contribution in [2.45, 2.75) is 128 Å². The predicted molar refractivity (Wildman–Crippen MR) is 188 cm³/mol. The van der Waals surface area contributed by atoms with Crippen LogP contribution in [0, 0.1) is 33.8 Å². The minimum absolute atomic E-state index is 0.329. The van der Waals surface area contributed by atoms with Gasteiger partial charge in [-0.05, 0) is 97.4 Å². The summed E-state index contributed by atoms with van der Waals surface area (Å²) in [6, 6.07) is 20.3. The first-order valence-corrected chi connectivity index (χ1v) is 16.4. The smallest absolute Gasteiger partial charge is 0.0216 e. The minimum Gasteiger partial charge on any atom is -0.0779 e. The van der Waals surface area contributed by atoms with Gasteiger partial charge in [-0.15, -0.1) is 6.42 Å². The Kier molecular flexibility index (Phi) is 27.3. The zero-order valence-corrected chi connectivity index (χ0v) is 33.3. The monoisotopic (exact) mass is 765 g/mol. The van der Waals surface area contributed by atoms with Crippen LogP contribution in [0.5, 0.6) is 0 Å². The molecule has 4 heteroatoms. The van der Waals surface area contributed by atoms with E-state index < -0.39 is 16.8 Å². The summed E-state index contributed by atoms with van der Waals surface area (Å²) < 4.78 is 3.19. The normalized spacial score (nSPS) is 11.2. The minimum atomic E-state index is -0.500. The first kappa shape index (κ1) is 48.0. The van der Waals surface area contributed by atoms with Crippen LogP contribution in [0.1, 0.15) is 122 Å². The fraction of sp³-hybridized carbons (Fsp3) is 0.564. The van der Waals surface area contributed by atoms with Crippen molar-refractivity contribution in [3.63, 3.8) is 0 Å². The van der Waals surface area contributed by atoms with Gasteiger partial charge in [-0.25, -0.2) is 0 Å². The van der Waals surface area contributed by atoms with Crippen LogP contribution >= 0.6 is 0 Å². The van der Waals surface area contributed by atoms with Crippen molar-refractivity contribution in [3.8, 4) is 16.5 Å². The Balaban J connectivity index is -0.000000227. The molecule has 0 spiro atoms. The molecule has 0 saturated heterocycles. The van der Waals surface area contributed by atoms with E-state index >= 15 is 0 Å². The Morgan fingerprint density at radius 1 is 0.651 bits per heavy atom. The number of aliphatic hydroxyl groups is 3. The number of hydrogen-bond acceptors (Lipinski definition) is 3. The summed E-state index contributed by atoms with van der Waals surface area (Å²) >= 11 is 1.44. The van der Waals surface area contributed by atoms with E-state index in [0.717, 1.165) is 5.56 Å². The molecular weight excluding hydrogens is 700 g/mol. The molecule has 3 nitrogen and oxygen atoms in total. The molecule has 2 aromatic rings. The SMILES string of the molecule is C#Cc1ccccc1.CC(C)(C)O.CC(C)(C)O.CC(C)(C)O.CC(C)(C)[C]#[W].CC(C)/C=C(\c1ccccc1)C(C)C. The van der Waals surface area contributed by atoms with E-state index in [1.807, 2.05) is 30.3 Å². The maximum atomic E-state index is 8.52. The molecule has 0 atom stereocenters. The zero-order valence-electron chi connectivity index (χ0n) is 30.3. The summed E-state index contributed by atoms with van der Waals surface area (Å²) in [5.74, 6) is 3.74. The van der Waals surface area contributed by atoms with Crippen molar-refractivity contribution in [2.24, 2.45) is 17.3 Å². The number of benzene rings is 2. The molecule has 3 N–H and O–H groups in total. The molecule has 0 bridgehead atoms. The fourth-order valence-corrected chi connectivity index (χ4v) is 2.15. The molecule has 0 aliphatic heterocycles. The largest absolute Gasteiger partial charge is 0.0779 e. The Bertz CT molecular complexity index is 981. The first-order chi connectivity index (χ1) is 19.1. The van der Waals surface area contributed by atoms with E-state index in [4.69, 9.17) is 21.7 Å². The maximum absolute atomic E-state index is 8.52. The topological polar surface area (TPSA) is 60.7 Å². The zero-order chi connectivity index (χ0) is 35.1. The third-order valence-corrected chi connectivity index (χ3v) is 5.69. The summed E-state index contributed by atoms with van der Waals surface area (Å²) in [4.78, 5) is 0. The molecule has 245 valence electrons. The van der Waals surface area contributed by atoms with Gasteiger partial charge in [0, 0.05) is 5.56 Å². The Hall–Kier alpha value is -1.91. The van der Waals surface area contributed by atoms with Gasteiger partial charge in [0.25, 0.3) is 0 Å². The van der Waals surface area contributed by atoms with Gasteiger partial charge in [0.1, 0.15) is 0 Å². The molecule has 0 amide bonds. The quantitative estimate of drug-likeness (QED) is 0.273. The standard InChI is InChI=1S/C14H20.C8H6.C5H9.3C4H10O.W/c1-11(2)10-14(12(3)4)13-8-6-5-7-9-13;1-2-8-6-4-3-5-7-8;1-5(2,3)4;3*1-4(2,3)5;/h5-12H,1-4H3;1,3-7H;1-3H3;3*5H,1-3H3;/b14-10-;;;;;;. The number of allylic oxidation sites excluding steroid dienone is 2. The van der Waals surface area contributed by atoms with Crippen molar-refractivity contribution in [1.82, 2.24) is 0 Å². The predicted octanol–water partition coefficient (Wildman–Crippen LogP) is 9.92. The molecule has 0 saturated carbocycles. The van der Waals surface area contributed by atoms with Crippen molar-refractivity contribution in [2.75, 3.05) is 0 Å². The van der Waals surface area contributed by atoms with Crippen LogP contribution in [0.3, 0.4) is 0 Å². The summed E-state index contributed by atoms with van der Waals surface area (Å²) in [5, 5.41) is 25.6. The van der Waals surface area contributed by atoms with Crippen LogP contribution in [0.4, 0.5) is 0 Å². The van der Waals surface area contributed by atoms with Crippen LogP contribution in [-0.2, 0) is 19.2 Å². The summed E-state index contributed by atoms with van der Waals surface area (Å²) in [6.07, 6.45) is 7.46. The fourth-order valence-electron chi connectivity index (χ4n) is 2.15. The summed E-state index contributed by atoms with van der Waals surface area (Å²) in [5.41, 5.74) is 2.58. The van der Waals surface area contributed by atoms with E-state index in [0.29, 0.717) is 17.3 Å². The van der Waals surface area contributed by atoms with E-state index in [1.165, 1.54) is 30.3 Å². The maximum Gasteiger partial charge on any atom is -0.0216 e. The van der Waals surface area contributed by atoms with Gasteiger partial charge < -0.3 is 15.3 Å². The van der Waals surface area contributed by atoms with E-state index in [-0.39, 0.29) is 0 Å². The van der Waals surface area contributed by atoms with E-state index in [9.17, 15) is 0 Å². The average Bonchev–Trinajstić information content (AvgIpc) is 2.80. The molecule has 0 aliphatic rings. The van der Waals surface area contributed by atoms with Gasteiger partial charge in [0.2, 0.25) is 0 Å².